The van der Waals surface area contributed by atoms with E-state index in [9.17, 15) is 4.39 Å². The number of benzene rings is 1. The number of hydrogen-bond acceptors (Lipinski definition) is 7. The third-order valence-electron chi connectivity index (χ3n) is 2.58. The highest BCUT2D eigenvalue weighted by Crippen LogP contribution is 2.22. The van der Waals surface area contributed by atoms with E-state index in [0.29, 0.717) is 29.0 Å². The molecule has 3 aromatic rings. The number of thiazole rings is 1. The van der Waals surface area contributed by atoms with Gasteiger partial charge in [0.2, 0.25) is 5.89 Å². The lowest BCUT2D eigenvalue weighted by atomic mass is 10.3. The van der Waals surface area contributed by atoms with Crippen LogP contribution in [0.4, 0.5) is 9.52 Å². The second-order valence-corrected chi connectivity index (χ2v) is 6.14. The second-order valence-electron chi connectivity index (χ2n) is 4.20. The summed E-state index contributed by atoms with van der Waals surface area (Å²) in [5, 5.41) is 6.28. The van der Waals surface area contributed by atoms with Gasteiger partial charge in [0.15, 0.2) is 11.0 Å². The van der Waals surface area contributed by atoms with Crippen molar-refractivity contribution in [2.24, 2.45) is 0 Å². The minimum atomic E-state index is -0.255. The normalized spacial score (nSPS) is 10.9. The summed E-state index contributed by atoms with van der Waals surface area (Å²) in [5.74, 6) is 1.33. The highest BCUT2D eigenvalue weighted by molar-refractivity contribution is 7.98. The van der Waals surface area contributed by atoms with Crippen LogP contribution in [-0.2, 0) is 12.2 Å². The van der Waals surface area contributed by atoms with Crippen LogP contribution in [0.2, 0.25) is 0 Å². The predicted octanol–water partition coefficient (Wildman–Crippen LogP) is 3.13. The molecule has 0 aliphatic carbocycles. The molecule has 0 unspecified atom stereocenters. The van der Waals surface area contributed by atoms with Crippen molar-refractivity contribution in [3.05, 3.63) is 52.9 Å². The summed E-state index contributed by atoms with van der Waals surface area (Å²) in [4.78, 5) is 9.25. The Morgan fingerprint density at radius 3 is 3.00 bits per heavy atom. The molecule has 0 fully saturated rings. The van der Waals surface area contributed by atoms with Gasteiger partial charge in [0.05, 0.1) is 17.9 Å². The zero-order valence-electron chi connectivity index (χ0n) is 10.8. The topological polar surface area (TPSA) is 77.8 Å². The minimum absolute atomic E-state index is 0.255. The van der Waals surface area contributed by atoms with Crippen LogP contribution >= 0.6 is 23.1 Å². The molecule has 21 heavy (non-hydrogen) atoms. The van der Waals surface area contributed by atoms with E-state index in [1.54, 1.807) is 6.07 Å². The molecule has 108 valence electrons. The van der Waals surface area contributed by atoms with Gasteiger partial charge in [0.1, 0.15) is 5.82 Å². The van der Waals surface area contributed by atoms with Crippen LogP contribution < -0.4 is 5.73 Å². The lowest BCUT2D eigenvalue weighted by Crippen LogP contribution is -1.91. The fraction of sp³-hybridized carbons (Fsp3) is 0.154. The predicted molar refractivity (Wildman–Crippen MR) is 79.6 cm³/mol. The van der Waals surface area contributed by atoms with Gasteiger partial charge < -0.3 is 10.3 Å². The molecule has 5 nitrogen and oxygen atoms in total. The number of hydrogen-bond donors (Lipinski definition) is 1. The Morgan fingerprint density at radius 1 is 1.33 bits per heavy atom. The highest BCUT2D eigenvalue weighted by atomic mass is 32.2. The van der Waals surface area contributed by atoms with Crippen molar-refractivity contribution in [2.75, 3.05) is 5.73 Å². The molecule has 0 saturated carbocycles. The molecule has 1 aromatic carbocycles. The van der Waals surface area contributed by atoms with Crippen molar-refractivity contribution in [3.8, 4) is 0 Å². The molecular formula is C13H11FN4OS2. The molecule has 0 amide bonds. The third-order valence-corrected chi connectivity index (χ3v) is 4.29. The number of nitrogen functional groups attached to an aromatic ring is 1. The molecule has 0 aliphatic rings. The van der Waals surface area contributed by atoms with E-state index in [2.05, 4.69) is 15.1 Å². The molecule has 2 aromatic heterocycles. The van der Waals surface area contributed by atoms with Crippen molar-refractivity contribution >= 4 is 28.2 Å². The number of halogens is 1. The summed E-state index contributed by atoms with van der Waals surface area (Å²) < 4.78 is 18.2. The SMILES string of the molecule is Nc1nc(Cc2nc(CSc3cccc(F)c3)no2)cs1. The molecule has 0 bridgehead atoms. The fourth-order valence-corrected chi connectivity index (χ4v) is 3.03. The van der Waals surface area contributed by atoms with Gasteiger partial charge in [-0.25, -0.2) is 9.37 Å². The Labute approximate surface area is 128 Å². The van der Waals surface area contributed by atoms with E-state index in [1.165, 1.54) is 35.2 Å². The van der Waals surface area contributed by atoms with Crippen molar-refractivity contribution in [3.63, 3.8) is 0 Å². The summed E-state index contributed by atoms with van der Waals surface area (Å²) in [6.45, 7) is 0. The first-order valence-corrected chi connectivity index (χ1v) is 7.95. The van der Waals surface area contributed by atoms with Gasteiger partial charge in [-0.15, -0.1) is 23.1 Å². The maximum Gasteiger partial charge on any atom is 0.232 e. The van der Waals surface area contributed by atoms with E-state index < -0.39 is 0 Å². The number of anilines is 1. The van der Waals surface area contributed by atoms with Gasteiger partial charge >= 0.3 is 0 Å². The van der Waals surface area contributed by atoms with Crippen LogP contribution in [0.3, 0.4) is 0 Å². The Kier molecular flexibility index (Phi) is 4.16. The van der Waals surface area contributed by atoms with Gasteiger partial charge in [-0.05, 0) is 18.2 Å². The number of thioether (sulfide) groups is 1. The van der Waals surface area contributed by atoms with Gasteiger partial charge in [0, 0.05) is 10.3 Å². The van der Waals surface area contributed by atoms with Gasteiger partial charge in [-0.2, -0.15) is 4.98 Å². The monoisotopic (exact) mass is 322 g/mol. The van der Waals surface area contributed by atoms with E-state index >= 15 is 0 Å². The van der Waals surface area contributed by atoms with Gasteiger partial charge in [0.25, 0.3) is 0 Å². The first kappa shape index (κ1) is 14.0. The summed E-state index contributed by atoms with van der Waals surface area (Å²) in [6.07, 6.45) is 0.464. The molecule has 2 N–H and O–H groups in total. The Hall–Kier alpha value is -1.93. The average Bonchev–Trinajstić information content (AvgIpc) is 3.06. The largest absolute Gasteiger partial charge is 0.375 e. The lowest BCUT2D eigenvalue weighted by Gasteiger charge is -1.97. The quantitative estimate of drug-likeness (QED) is 0.727. The minimum Gasteiger partial charge on any atom is -0.375 e. The number of rotatable bonds is 5. The third kappa shape index (κ3) is 3.79. The van der Waals surface area contributed by atoms with Crippen molar-refractivity contribution in [2.45, 2.75) is 17.1 Å². The first-order chi connectivity index (χ1) is 10.2. The second kappa shape index (κ2) is 6.23. The van der Waals surface area contributed by atoms with Crippen LogP contribution in [0.1, 0.15) is 17.4 Å². The smallest absolute Gasteiger partial charge is 0.232 e. The van der Waals surface area contributed by atoms with Crippen molar-refractivity contribution < 1.29 is 8.91 Å². The van der Waals surface area contributed by atoms with E-state index in [1.807, 2.05) is 11.4 Å². The Morgan fingerprint density at radius 2 is 2.24 bits per heavy atom. The average molecular weight is 322 g/mol. The van der Waals surface area contributed by atoms with Gasteiger partial charge in [-0.1, -0.05) is 11.2 Å². The van der Waals surface area contributed by atoms with Gasteiger partial charge in [-0.3, -0.25) is 0 Å². The maximum atomic E-state index is 13.1. The zero-order chi connectivity index (χ0) is 14.7. The summed E-state index contributed by atoms with van der Waals surface area (Å²) in [5.41, 5.74) is 6.38. The molecule has 0 aliphatic heterocycles. The van der Waals surface area contributed by atoms with Crippen LogP contribution in [0.15, 0.2) is 39.1 Å². The van der Waals surface area contributed by atoms with Crippen LogP contribution in [0, 0.1) is 5.82 Å². The summed E-state index contributed by atoms with van der Waals surface area (Å²) in [7, 11) is 0. The lowest BCUT2D eigenvalue weighted by molar-refractivity contribution is 0.380. The molecule has 0 saturated heterocycles. The number of aromatic nitrogens is 3. The van der Waals surface area contributed by atoms with E-state index in [0.717, 1.165) is 10.6 Å². The first-order valence-electron chi connectivity index (χ1n) is 6.09. The van der Waals surface area contributed by atoms with Crippen molar-refractivity contribution in [1.82, 2.24) is 15.1 Å². The Bertz CT molecular complexity index is 743. The molecule has 0 atom stereocenters. The van der Waals surface area contributed by atoms with E-state index in [-0.39, 0.29) is 5.82 Å². The number of nitrogens with two attached hydrogens (primary N) is 1. The molecule has 0 radical (unpaired) electrons. The number of nitrogens with zero attached hydrogens (tertiary/aromatic N) is 3. The van der Waals surface area contributed by atoms with Crippen LogP contribution in [0.5, 0.6) is 0 Å². The molecule has 0 spiro atoms. The molecular weight excluding hydrogens is 311 g/mol. The molecule has 3 rings (SSSR count). The zero-order valence-corrected chi connectivity index (χ0v) is 12.5. The standard InChI is InChI=1S/C13H11FN4OS2/c14-8-2-1-3-10(4-8)20-7-11-17-12(19-18-11)5-9-6-21-13(15)16-9/h1-4,6H,5,7H2,(H2,15,16). The van der Waals surface area contributed by atoms with Crippen molar-refractivity contribution in [1.29, 1.82) is 0 Å². The molecule has 2 heterocycles. The Balaban J connectivity index is 1.60. The highest BCUT2D eigenvalue weighted by Gasteiger charge is 2.10. The van der Waals surface area contributed by atoms with Crippen LogP contribution in [0.25, 0.3) is 0 Å². The molecule has 8 heteroatoms. The van der Waals surface area contributed by atoms with E-state index in [4.69, 9.17) is 10.3 Å². The fourth-order valence-electron chi connectivity index (χ4n) is 1.68. The summed E-state index contributed by atoms with van der Waals surface area (Å²) in [6, 6.07) is 6.40. The summed E-state index contributed by atoms with van der Waals surface area (Å²) >= 11 is 2.83. The van der Waals surface area contributed by atoms with Crippen LogP contribution in [-0.4, -0.2) is 15.1 Å². The maximum absolute atomic E-state index is 13.1.